The van der Waals surface area contributed by atoms with E-state index in [0.717, 1.165) is 17.8 Å². The molecule has 0 bridgehead atoms. The first-order valence-electron chi connectivity index (χ1n) is 7.41. The van der Waals surface area contributed by atoms with Crippen LogP contribution in [0.2, 0.25) is 0 Å². The van der Waals surface area contributed by atoms with Gasteiger partial charge in [-0.15, -0.1) is 0 Å². The van der Waals surface area contributed by atoms with Crippen molar-refractivity contribution in [2.75, 3.05) is 6.54 Å². The largest absolute Gasteiger partial charge is 0.356 e. The number of rotatable bonds is 2. The number of nitrogens with zero attached hydrogens (tertiary/aromatic N) is 2. The van der Waals surface area contributed by atoms with Gasteiger partial charge >= 0.3 is 0 Å². The van der Waals surface area contributed by atoms with E-state index in [1.165, 1.54) is 12.1 Å². The van der Waals surface area contributed by atoms with Crippen molar-refractivity contribution in [3.05, 3.63) is 58.1 Å². The van der Waals surface area contributed by atoms with Crippen LogP contribution >= 0.6 is 15.9 Å². The number of hydrogen-bond donors (Lipinski definition) is 2. The van der Waals surface area contributed by atoms with Crippen molar-refractivity contribution in [3.8, 4) is 22.8 Å². The fourth-order valence-corrected chi connectivity index (χ4v) is 3.16. The molecule has 1 aliphatic rings. The molecule has 0 atom stereocenters. The number of hydrogen-bond acceptors (Lipinski definition) is 3. The van der Waals surface area contributed by atoms with E-state index in [4.69, 9.17) is 0 Å². The topological polar surface area (TPSA) is 70.7 Å². The highest BCUT2D eigenvalue weighted by Gasteiger charge is 2.20. The van der Waals surface area contributed by atoms with Crippen LogP contribution in [-0.2, 0) is 6.42 Å². The van der Waals surface area contributed by atoms with E-state index in [2.05, 4.69) is 36.2 Å². The Balaban J connectivity index is 1.78. The van der Waals surface area contributed by atoms with E-state index in [1.54, 1.807) is 24.4 Å². The average Bonchev–Trinajstić information content (AvgIpc) is 3.03. The molecule has 3 aromatic rings. The number of aromatic nitrogens is 3. The predicted molar refractivity (Wildman–Crippen MR) is 90.9 cm³/mol. The SMILES string of the molecule is O=C1NCCc2[nH]c(-c3ccnc(-c4cc(F)ccc4Br)n3)cc21. The standard InChI is InChI=1S/C17H12BrFN4O/c18-12-2-1-9(19)7-10(12)16-20-5-4-14(23-16)15-8-11-13(22-15)3-6-21-17(11)24/h1-2,4-5,7-8,22H,3,6H2,(H,21,24). The monoisotopic (exact) mass is 386 g/mol. The molecule has 120 valence electrons. The Morgan fingerprint density at radius 2 is 2.04 bits per heavy atom. The van der Waals surface area contributed by atoms with Crippen LogP contribution in [0.1, 0.15) is 16.1 Å². The Hall–Kier alpha value is -2.54. The minimum atomic E-state index is -0.353. The van der Waals surface area contributed by atoms with Crippen LogP contribution in [0.25, 0.3) is 22.8 Å². The number of halogens is 2. The van der Waals surface area contributed by atoms with Crippen molar-refractivity contribution in [2.24, 2.45) is 0 Å². The Kier molecular flexibility index (Phi) is 3.65. The highest BCUT2D eigenvalue weighted by Crippen LogP contribution is 2.28. The van der Waals surface area contributed by atoms with Crippen LogP contribution in [0.5, 0.6) is 0 Å². The van der Waals surface area contributed by atoms with Crippen LogP contribution in [-0.4, -0.2) is 27.4 Å². The third-order valence-electron chi connectivity index (χ3n) is 3.91. The summed E-state index contributed by atoms with van der Waals surface area (Å²) in [6, 6.07) is 7.92. The van der Waals surface area contributed by atoms with E-state index in [1.807, 2.05) is 0 Å². The van der Waals surface area contributed by atoms with E-state index in [9.17, 15) is 9.18 Å². The molecule has 1 aliphatic heterocycles. The van der Waals surface area contributed by atoms with Crippen molar-refractivity contribution in [1.29, 1.82) is 0 Å². The molecule has 7 heteroatoms. The lowest BCUT2D eigenvalue weighted by Gasteiger charge is -2.10. The van der Waals surface area contributed by atoms with Gasteiger partial charge in [-0.2, -0.15) is 0 Å². The fraction of sp³-hybridized carbons (Fsp3) is 0.118. The van der Waals surface area contributed by atoms with Crippen LogP contribution < -0.4 is 5.32 Å². The first kappa shape index (κ1) is 15.0. The van der Waals surface area contributed by atoms with Gasteiger partial charge in [0, 0.05) is 34.9 Å². The number of carbonyl (C=O) groups is 1. The van der Waals surface area contributed by atoms with Crippen LogP contribution in [0, 0.1) is 5.82 Å². The quantitative estimate of drug-likeness (QED) is 0.709. The Morgan fingerprint density at radius 3 is 2.88 bits per heavy atom. The van der Waals surface area contributed by atoms with E-state index in [0.29, 0.717) is 33.7 Å². The Morgan fingerprint density at radius 1 is 1.17 bits per heavy atom. The van der Waals surface area contributed by atoms with Crippen molar-refractivity contribution in [3.63, 3.8) is 0 Å². The second-order valence-electron chi connectivity index (χ2n) is 5.47. The summed E-state index contributed by atoms with van der Waals surface area (Å²) in [5.41, 5.74) is 3.52. The molecule has 0 saturated heterocycles. The maximum Gasteiger partial charge on any atom is 0.253 e. The Labute approximate surface area is 145 Å². The zero-order valence-corrected chi connectivity index (χ0v) is 14.0. The normalized spacial score (nSPS) is 13.5. The molecule has 3 heterocycles. The minimum Gasteiger partial charge on any atom is -0.356 e. The number of fused-ring (bicyclic) bond motifs is 1. The van der Waals surface area contributed by atoms with Crippen LogP contribution in [0.15, 0.2) is 41.0 Å². The van der Waals surface area contributed by atoms with Crippen molar-refractivity contribution >= 4 is 21.8 Å². The third kappa shape index (κ3) is 2.60. The molecule has 1 amide bonds. The smallest absolute Gasteiger partial charge is 0.253 e. The molecule has 24 heavy (non-hydrogen) atoms. The lowest BCUT2D eigenvalue weighted by Crippen LogP contribution is -2.31. The third-order valence-corrected chi connectivity index (χ3v) is 4.60. The molecule has 0 spiro atoms. The molecule has 0 saturated carbocycles. The molecule has 0 radical (unpaired) electrons. The van der Waals surface area contributed by atoms with E-state index >= 15 is 0 Å². The number of aromatic amines is 1. The molecule has 4 rings (SSSR count). The number of nitrogens with one attached hydrogen (secondary N) is 2. The van der Waals surface area contributed by atoms with Gasteiger partial charge in [0.05, 0.1) is 17.0 Å². The van der Waals surface area contributed by atoms with Crippen molar-refractivity contribution in [2.45, 2.75) is 6.42 Å². The first-order chi connectivity index (χ1) is 11.6. The lowest BCUT2D eigenvalue weighted by molar-refractivity contribution is 0.0946. The predicted octanol–water partition coefficient (Wildman–Crippen LogP) is 3.33. The van der Waals surface area contributed by atoms with Gasteiger partial charge in [-0.05, 0) is 30.3 Å². The summed E-state index contributed by atoms with van der Waals surface area (Å²) in [4.78, 5) is 23.9. The lowest BCUT2D eigenvalue weighted by atomic mass is 10.1. The number of amides is 1. The highest BCUT2D eigenvalue weighted by molar-refractivity contribution is 9.10. The van der Waals surface area contributed by atoms with Crippen LogP contribution in [0.4, 0.5) is 4.39 Å². The summed E-state index contributed by atoms with van der Waals surface area (Å²) in [7, 11) is 0. The molecule has 5 nitrogen and oxygen atoms in total. The Bertz CT molecular complexity index is 954. The maximum absolute atomic E-state index is 13.5. The fourth-order valence-electron chi connectivity index (χ4n) is 2.74. The zero-order valence-electron chi connectivity index (χ0n) is 12.4. The van der Waals surface area contributed by atoms with Gasteiger partial charge in [-0.25, -0.2) is 14.4 Å². The molecule has 1 aromatic carbocycles. The summed E-state index contributed by atoms with van der Waals surface area (Å²) in [5, 5.41) is 2.81. The second kappa shape index (κ2) is 5.83. The van der Waals surface area contributed by atoms with Crippen molar-refractivity contribution in [1.82, 2.24) is 20.3 Å². The average molecular weight is 387 g/mol. The minimum absolute atomic E-state index is 0.0825. The molecule has 0 aliphatic carbocycles. The molecule has 0 unspecified atom stereocenters. The summed E-state index contributed by atoms with van der Waals surface area (Å²) in [5.74, 6) is -0.0222. The van der Waals surface area contributed by atoms with Crippen molar-refractivity contribution < 1.29 is 9.18 Å². The molecular weight excluding hydrogens is 375 g/mol. The van der Waals surface area contributed by atoms with E-state index in [-0.39, 0.29) is 11.7 Å². The summed E-state index contributed by atoms with van der Waals surface area (Å²) in [6.07, 6.45) is 2.38. The molecular formula is C17H12BrFN4O. The summed E-state index contributed by atoms with van der Waals surface area (Å²) in [6.45, 7) is 0.622. The van der Waals surface area contributed by atoms with Gasteiger partial charge < -0.3 is 10.3 Å². The van der Waals surface area contributed by atoms with E-state index < -0.39 is 0 Å². The van der Waals surface area contributed by atoms with Gasteiger partial charge in [0.1, 0.15) is 5.82 Å². The summed E-state index contributed by atoms with van der Waals surface area (Å²) >= 11 is 3.39. The number of benzene rings is 1. The zero-order chi connectivity index (χ0) is 16.7. The first-order valence-corrected chi connectivity index (χ1v) is 8.20. The van der Waals surface area contributed by atoms with Gasteiger partial charge in [0.15, 0.2) is 5.82 Å². The second-order valence-corrected chi connectivity index (χ2v) is 6.33. The van der Waals surface area contributed by atoms with Gasteiger partial charge in [0.2, 0.25) is 0 Å². The van der Waals surface area contributed by atoms with Crippen LogP contribution in [0.3, 0.4) is 0 Å². The molecule has 2 aromatic heterocycles. The molecule has 2 N–H and O–H groups in total. The molecule has 0 fully saturated rings. The van der Waals surface area contributed by atoms with Gasteiger partial charge in [-0.3, -0.25) is 4.79 Å². The number of carbonyl (C=O) groups excluding carboxylic acids is 1. The van der Waals surface area contributed by atoms with Gasteiger partial charge in [-0.1, -0.05) is 15.9 Å². The highest BCUT2D eigenvalue weighted by atomic mass is 79.9. The summed E-state index contributed by atoms with van der Waals surface area (Å²) < 4.78 is 14.2. The maximum atomic E-state index is 13.5. The van der Waals surface area contributed by atoms with Gasteiger partial charge in [0.25, 0.3) is 5.91 Å². The number of H-pyrrole nitrogens is 1.